The van der Waals surface area contributed by atoms with E-state index in [1.54, 1.807) is 23.4 Å². The Morgan fingerprint density at radius 3 is 2.75 bits per heavy atom. The van der Waals surface area contributed by atoms with E-state index in [1.165, 1.54) is 0 Å². The van der Waals surface area contributed by atoms with Crippen molar-refractivity contribution in [3.63, 3.8) is 0 Å². The number of carbonyl (C=O) groups is 1. The lowest BCUT2D eigenvalue weighted by atomic mass is 10.0. The van der Waals surface area contributed by atoms with E-state index >= 15 is 0 Å². The molecule has 232 valence electrons. The maximum absolute atomic E-state index is 12.8. The van der Waals surface area contributed by atoms with Crippen LogP contribution in [0.3, 0.4) is 0 Å². The van der Waals surface area contributed by atoms with E-state index in [0.717, 1.165) is 34.9 Å². The average Bonchev–Trinajstić information content (AvgIpc) is 3.01. The van der Waals surface area contributed by atoms with E-state index < -0.39 is 18.4 Å². The first-order valence-electron chi connectivity index (χ1n) is 14.8. The van der Waals surface area contributed by atoms with Crippen molar-refractivity contribution in [3.05, 3.63) is 66.5 Å². The van der Waals surface area contributed by atoms with E-state index in [-0.39, 0.29) is 18.7 Å². The smallest absolute Gasteiger partial charge is 0.410 e. The van der Waals surface area contributed by atoms with Gasteiger partial charge in [0.25, 0.3) is 0 Å². The van der Waals surface area contributed by atoms with Gasteiger partial charge in [-0.3, -0.25) is 0 Å². The Labute approximate surface area is 256 Å². The summed E-state index contributed by atoms with van der Waals surface area (Å²) in [7, 11) is 0. The van der Waals surface area contributed by atoms with Gasteiger partial charge in [-0.15, -0.1) is 0 Å². The van der Waals surface area contributed by atoms with Crippen LogP contribution in [0.1, 0.15) is 39.2 Å². The van der Waals surface area contributed by atoms with E-state index in [0.29, 0.717) is 41.9 Å². The van der Waals surface area contributed by atoms with Crippen LogP contribution in [0.5, 0.6) is 11.6 Å². The quantitative estimate of drug-likeness (QED) is 0.201. The summed E-state index contributed by atoms with van der Waals surface area (Å²) in [5.74, 6) is 1.46. The number of amides is 1. The van der Waals surface area contributed by atoms with E-state index in [2.05, 4.69) is 20.6 Å². The molecule has 1 aliphatic rings. The summed E-state index contributed by atoms with van der Waals surface area (Å²) < 4.78 is 24.9. The number of anilines is 2. The summed E-state index contributed by atoms with van der Waals surface area (Å²) in [6, 6.07) is 15.1. The van der Waals surface area contributed by atoms with E-state index in [4.69, 9.17) is 14.5 Å². The van der Waals surface area contributed by atoms with Crippen molar-refractivity contribution in [2.45, 2.75) is 58.3 Å². The van der Waals surface area contributed by atoms with Gasteiger partial charge in [-0.1, -0.05) is 24.3 Å². The number of hydrogen-bond acceptors (Lipinski definition) is 9. The predicted molar refractivity (Wildman–Crippen MR) is 169 cm³/mol. The molecule has 5 rings (SSSR count). The third kappa shape index (κ3) is 7.52. The highest BCUT2D eigenvalue weighted by molar-refractivity contribution is 5.98. The van der Waals surface area contributed by atoms with Gasteiger partial charge < -0.3 is 30.1 Å². The summed E-state index contributed by atoms with van der Waals surface area (Å²) in [6.45, 7) is 7.95. The minimum Gasteiger partial charge on any atom is -0.444 e. The molecule has 1 saturated heterocycles. The maximum atomic E-state index is 12.8. The molecule has 44 heavy (non-hydrogen) atoms. The zero-order valence-corrected chi connectivity index (χ0v) is 25.5. The van der Waals surface area contributed by atoms with Crippen LogP contribution < -0.4 is 15.4 Å². The van der Waals surface area contributed by atoms with Gasteiger partial charge in [0, 0.05) is 54.5 Å². The molecule has 2 aromatic heterocycles. The highest BCUT2D eigenvalue weighted by atomic mass is 19.1. The number of fused-ring (bicyclic) bond motifs is 1. The molecule has 11 heteroatoms. The van der Waals surface area contributed by atoms with Crippen LogP contribution >= 0.6 is 0 Å². The number of nitrogens with zero attached hydrogens (tertiary/aromatic N) is 4. The number of aliphatic hydroxyl groups excluding tert-OH is 1. The van der Waals surface area contributed by atoms with Crippen LogP contribution in [0.2, 0.25) is 0 Å². The van der Waals surface area contributed by atoms with Crippen molar-refractivity contribution in [2.24, 2.45) is 0 Å². The van der Waals surface area contributed by atoms with Crippen LogP contribution in [-0.2, 0) is 4.74 Å². The van der Waals surface area contributed by atoms with Crippen molar-refractivity contribution < 1.29 is 23.8 Å². The first-order valence-corrected chi connectivity index (χ1v) is 14.8. The number of halogens is 1. The summed E-state index contributed by atoms with van der Waals surface area (Å²) in [4.78, 5) is 28.1. The third-order valence-electron chi connectivity index (χ3n) is 7.22. The largest absolute Gasteiger partial charge is 0.444 e. The molecule has 0 aliphatic carbocycles. The van der Waals surface area contributed by atoms with Gasteiger partial charge in [-0.05, 0) is 70.4 Å². The highest BCUT2D eigenvalue weighted by Gasteiger charge is 2.28. The second-order valence-electron chi connectivity index (χ2n) is 11.9. The fourth-order valence-electron chi connectivity index (χ4n) is 5.12. The predicted octanol–water partition coefficient (Wildman–Crippen LogP) is 6.35. The van der Waals surface area contributed by atoms with Gasteiger partial charge in [-0.25, -0.2) is 24.1 Å². The van der Waals surface area contributed by atoms with Gasteiger partial charge >= 0.3 is 6.09 Å². The van der Waals surface area contributed by atoms with Crippen molar-refractivity contribution in [2.75, 3.05) is 36.9 Å². The van der Waals surface area contributed by atoms with Crippen LogP contribution in [0.25, 0.3) is 22.0 Å². The molecular weight excluding hydrogens is 563 g/mol. The number of likely N-dealkylation sites (tertiary alicyclic amines) is 1. The summed E-state index contributed by atoms with van der Waals surface area (Å²) >= 11 is 0. The van der Waals surface area contributed by atoms with Gasteiger partial charge in [0.1, 0.15) is 18.0 Å². The SMILES string of the molecule is Cc1ccc2c(NCC(O)CF)cccc2c1Oc1ncccc1-c1ccnc(N[C@H]2CCCN(C(=O)OC(C)(C)C)C2)n1. The second kappa shape index (κ2) is 13.4. The molecule has 3 N–H and O–H groups in total. The number of nitrogens with one attached hydrogen (secondary N) is 2. The van der Waals surface area contributed by atoms with Gasteiger partial charge in [0.2, 0.25) is 11.8 Å². The standard InChI is InChI=1S/C33H39FN6O4/c1-21-12-13-24-25(9-5-11-27(24)37-19-23(41)18-34)29(21)43-30-26(10-6-15-35-30)28-14-16-36-31(39-28)38-22-8-7-17-40(20-22)32(42)44-33(2,3)4/h5-6,9-16,22-23,37,41H,7-8,17-20H2,1-4H3,(H,36,38,39)/t22-,23?/m0/s1. The Morgan fingerprint density at radius 2 is 1.95 bits per heavy atom. The fraction of sp³-hybridized carbons (Fsp3) is 0.394. The zero-order valence-electron chi connectivity index (χ0n) is 25.5. The second-order valence-corrected chi connectivity index (χ2v) is 11.9. The monoisotopic (exact) mass is 602 g/mol. The number of aromatic nitrogens is 3. The number of benzene rings is 2. The third-order valence-corrected chi connectivity index (χ3v) is 7.22. The molecule has 3 heterocycles. The minimum atomic E-state index is -1.09. The Morgan fingerprint density at radius 1 is 1.11 bits per heavy atom. The highest BCUT2D eigenvalue weighted by Crippen LogP contribution is 2.38. The molecule has 0 radical (unpaired) electrons. The number of rotatable bonds is 9. The molecule has 2 aromatic carbocycles. The maximum Gasteiger partial charge on any atom is 0.410 e. The summed E-state index contributed by atoms with van der Waals surface area (Å²) in [5.41, 5.74) is 2.44. The van der Waals surface area contributed by atoms with Crippen molar-refractivity contribution in [3.8, 4) is 22.9 Å². The van der Waals surface area contributed by atoms with Crippen LogP contribution in [-0.4, -0.2) is 75.1 Å². The molecule has 1 fully saturated rings. The molecular formula is C33H39FN6O4. The lowest BCUT2D eigenvalue weighted by Crippen LogP contribution is -2.47. The molecule has 10 nitrogen and oxygen atoms in total. The molecule has 1 amide bonds. The number of aliphatic hydroxyl groups is 1. The molecule has 0 spiro atoms. The minimum absolute atomic E-state index is 0.0247. The van der Waals surface area contributed by atoms with Crippen LogP contribution in [0.15, 0.2) is 60.9 Å². The Balaban J connectivity index is 1.37. The molecule has 1 unspecified atom stereocenters. The Hall–Kier alpha value is -4.51. The van der Waals surface area contributed by atoms with Gasteiger partial charge in [0.05, 0.1) is 17.4 Å². The van der Waals surface area contributed by atoms with Gasteiger partial charge in [0.15, 0.2) is 0 Å². The van der Waals surface area contributed by atoms with Crippen molar-refractivity contribution in [1.29, 1.82) is 0 Å². The molecule has 0 saturated carbocycles. The van der Waals surface area contributed by atoms with Crippen molar-refractivity contribution in [1.82, 2.24) is 19.9 Å². The topological polar surface area (TPSA) is 122 Å². The summed E-state index contributed by atoms with van der Waals surface area (Å²) in [6.07, 6.45) is 3.66. The van der Waals surface area contributed by atoms with Crippen LogP contribution in [0.4, 0.5) is 20.8 Å². The number of alkyl halides is 1. The molecule has 2 atom stereocenters. The fourth-order valence-corrected chi connectivity index (χ4v) is 5.12. The lowest BCUT2D eigenvalue weighted by molar-refractivity contribution is 0.0206. The number of pyridine rings is 1. The van der Waals surface area contributed by atoms with E-state index in [1.807, 2.05) is 70.2 Å². The number of hydrogen-bond donors (Lipinski definition) is 3. The van der Waals surface area contributed by atoms with Gasteiger partial charge in [-0.2, -0.15) is 0 Å². The van der Waals surface area contributed by atoms with Crippen LogP contribution in [0, 0.1) is 6.92 Å². The summed E-state index contributed by atoms with van der Waals surface area (Å²) in [5, 5.41) is 17.9. The number of aryl methyl sites for hydroxylation is 1. The molecule has 4 aromatic rings. The number of carbonyl (C=O) groups excluding carboxylic acids is 1. The molecule has 0 bridgehead atoms. The number of piperidine rings is 1. The van der Waals surface area contributed by atoms with Crippen molar-refractivity contribution >= 4 is 28.5 Å². The molecule has 1 aliphatic heterocycles. The first-order chi connectivity index (χ1) is 21.1. The Kier molecular flexibility index (Phi) is 9.43. The normalized spacial score (nSPS) is 16.0. The lowest BCUT2D eigenvalue weighted by Gasteiger charge is -2.34. The first kappa shape index (κ1) is 30.9. The number of ether oxygens (including phenoxy) is 2. The zero-order chi connectivity index (χ0) is 31.3. The Bertz CT molecular complexity index is 1610. The van der Waals surface area contributed by atoms with E-state index in [9.17, 15) is 14.3 Å². The average molecular weight is 603 g/mol.